The molecule has 0 saturated heterocycles. The van der Waals surface area contributed by atoms with E-state index in [0.29, 0.717) is 0 Å². The van der Waals surface area contributed by atoms with Gasteiger partial charge in [0, 0.05) is 47.0 Å². The topological polar surface area (TPSA) is 76.3 Å². The number of fused-ring (bicyclic) bond motifs is 2. The van der Waals surface area contributed by atoms with Crippen molar-refractivity contribution in [3.8, 4) is 22.8 Å². The van der Waals surface area contributed by atoms with Gasteiger partial charge in [0.25, 0.3) is 0 Å². The molecule has 0 fully saturated rings. The molecule has 40 heavy (non-hydrogen) atoms. The van der Waals surface area contributed by atoms with E-state index in [4.69, 9.17) is 20.0 Å². The standard InChI is InChI=1S/C34H22N6/c1-3-11-27-25(9-1)33(23-15-17-31(37-21-23)29-13-5-7-19-35-29)40-28-12-4-2-10-26(28)34(39-27)24-16-18-32(38-22-24)30-14-6-8-20-36-30/h1-22H. The molecule has 0 unspecified atom stereocenters. The Kier molecular flexibility index (Phi) is 6.03. The highest BCUT2D eigenvalue weighted by Crippen LogP contribution is 2.33. The van der Waals surface area contributed by atoms with Crippen LogP contribution < -0.4 is 0 Å². The van der Waals surface area contributed by atoms with Crippen molar-refractivity contribution >= 4 is 22.8 Å². The third kappa shape index (κ3) is 4.48. The first-order valence-corrected chi connectivity index (χ1v) is 13.0. The molecule has 5 heterocycles. The van der Waals surface area contributed by atoms with Gasteiger partial charge in [-0.25, -0.2) is 9.98 Å². The second kappa shape index (κ2) is 10.3. The van der Waals surface area contributed by atoms with Crippen LogP contribution in [0, 0.1) is 0 Å². The van der Waals surface area contributed by atoms with Gasteiger partial charge in [-0.05, 0) is 60.7 Å². The number of hydrogen-bond acceptors (Lipinski definition) is 6. The smallest absolute Gasteiger partial charge is 0.0886 e. The van der Waals surface area contributed by atoms with E-state index < -0.39 is 0 Å². The Hall–Kier alpha value is -5.62. The lowest BCUT2D eigenvalue weighted by molar-refractivity contribution is 1.24. The van der Waals surface area contributed by atoms with E-state index in [-0.39, 0.29) is 0 Å². The van der Waals surface area contributed by atoms with Crippen LogP contribution in [-0.2, 0) is 0 Å². The van der Waals surface area contributed by atoms with Crippen molar-refractivity contribution in [3.05, 3.63) is 156 Å². The summed E-state index contributed by atoms with van der Waals surface area (Å²) in [6.45, 7) is 0. The summed E-state index contributed by atoms with van der Waals surface area (Å²) in [5.74, 6) is 0. The van der Waals surface area contributed by atoms with Crippen LogP contribution in [0.4, 0.5) is 11.4 Å². The number of para-hydroxylation sites is 2. The number of hydrogen-bond donors (Lipinski definition) is 0. The van der Waals surface area contributed by atoms with Crippen LogP contribution >= 0.6 is 0 Å². The lowest BCUT2D eigenvalue weighted by Crippen LogP contribution is -2.10. The molecule has 0 atom stereocenters. The molecule has 1 aliphatic rings. The minimum absolute atomic E-state index is 0.812. The Morgan fingerprint density at radius 1 is 0.350 bits per heavy atom. The Morgan fingerprint density at radius 2 is 0.775 bits per heavy atom. The second-order valence-electron chi connectivity index (χ2n) is 9.25. The summed E-state index contributed by atoms with van der Waals surface area (Å²) in [5, 5.41) is 0. The summed E-state index contributed by atoms with van der Waals surface area (Å²) in [7, 11) is 0. The third-order valence-corrected chi connectivity index (χ3v) is 6.71. The molecule has 0 aliphatic carbocycles. The monoisotopic (exact) mass is 514 g/mol. The molecule has 2 aromatic carbocycles. The Morgan fingerprint density at radius 3 is 1.18 bits per heavy atom. The summed E-state index contributed by atoms with van der Waals surface area (Å²) < 4.78 is 0. The van der Waals surface area contributed by atoms with Gasteiger partial charge < -0.3 is 0 Å². The van der Waals surface area contributed by atoms with Crippen molar-refractivity contribution in [2.75, 3.05) is 0 Å². The fraction of sp³-hybridized carbons (Fsp3) is 0. The van der Waals surface area contributed by atoms with Crippen molar-refractivity contribution in [2.24, 2.45) is 9.98 Å². The number of aliphatic imine (C=N–C) groups is 2. The van der Waals surface area contributed by atoms with Crippen molar-refractivity contribution < 1.29 is 0 Å². The Balaban J connectivity index is 1.34. The quantitative estimate of drug-likeness (QED) is 0.248. The predicted octanol–water partition coefficient (Wildman–Crippen LogP) is 7.25. The molecule has 0 amide bonds. The van der Waals surface area contributed by atoms with Crippen molar-refractivity contribution in [3.63, 3.8) is 0 Å². The Bertz CT molecular complexity index is 1720. The van der Waals surface area contributed by atoms with E-state index in [1.54, 1.807) is 12.4 Å². The zero-order chi connectivity index (χ0) is 26.7. The van der Waals surface area contributed by atoms with Crippen molar-refractivity contribution in [1.29, 1.82) is 0 Å². The Labute approximate surface area is 231 Å². The van der Waals surface area contributed by atoms with Crippen LogP contribution in [0.3, 0.4) is 0 Å². The first-order chi connectivity index (χ1) is 19.8. The largest absolute Gasteiger partial charge is 0.255 e. The van der Waals surface area contributed by atoms with Crippen LogP contribution in [0.2, 0.25) is 0 Å². The number of pyridine rings is 4. The van der Waals surface area contributed by atoms with E-state index >= 15 is 0 Å². The highest BCUT2D eigenvalue weighted by atomic mass is 14.8. The maximum atomic E-state index is 5.20. The molecule has 0 spiro atoms. The van der Waals surface area contributed by atoms with E-state index in [0.717, 1.165) is 67.8 Å². The van der Waals surface area contributed by atoms with Gasteiger partial charge in [0.15, 0.2) is 0 Å². The van der Waals surface area contributed by atoms with E-state index in [9.17, 15) is 0 Å². The van der Waals surface area contributed by atoms with Gasteiger partial charge in [0.2, 0.25) is 0 Å². The molecule has 6 nitrogen and oxygen atoms in total. The first-order valence-electron chi connectivity index (χ1n) is 13.0. The van der Waals surface area contributed by atoms with Gasteiger partial charge in [0.1, 0.15) is 0 Å². The molecule has 1 aliphatic heterocycles. The van der Waals surface area contributed by atoms with Crippen LogP contribution in [0.25, 0.3) is 22.8 Å². The maximum Gasteiger partial charge on any atom is 0.0886 e. The molecular weight excluding hydrogens is 492 g/mol. The highest BCUT2D eigenvalue weighted by Gasteiger charge is 2.20. The molecule has 0 bridgehead atoms. The van der Waals surface area contributed by atoms with E-state index in [1.807, 2.05) is 109 Å². The van der Waals surface area contributed by atoms with Gasteiger partial charge in [-0.15, -0.1) is 0 Å². The van der Waals surface area contributed by atoms with Gasteiger partial charge in [-0.1, -0.05) is 48.5 Å². The van der Waals surface area contributed by atoms with Crippen LogP contribution in [0.5, 0.6) is 0 Å². The average molecular weight is 515 g/mol. The maximum absolute atomic E-state index is 5.20. The minimum Gasteiger partial charge on any atom is -0.255 e. The molecule has 0 radical (unpaired) electrons. The first kappa shape index (κ1) is 23.5. The van der Waals surface area contributed by atoms with E-state index in [2.05, 4.69) is 22.1 Å². The van der Waals surface area contributed by atoms with E-state index in [1.165, 1.54) is 0 Å². The van der Waals surface area contributed by atoms with Gasteiger partial charge in [0.05, 0.1) is 45.6 Å². The minimum atomic E-state index is 0.812. The fourth-order valence-corrected chi connectivity index (χ4v) is 4.74. The third-order valence-electron chi connectivity index (χ3n) is 6.71. The van der Waals surface area contributed by atoms with Gasteiger partial charge >= 0.3 is 0 Å². The SMILES string of the molecule is c1ccc(-c2ccc(C3=Nc4ccccc4C(c4ccc(-c5ccccn5)nc4)=Nc4ccccc43)cn2)nc1. The molecule has 0 saturated carbocycles. The lowest BCUT2D eigenvalue weighted by atomic mass is 9.97. The number of nitrogens with zero attached hydrogens (tertiary/aromatic N) is 6. The normalized spacial score (nSPS) is 12.3. The molecule has 188 valence electrons. The molecule has 6 heteroatoms. The average Bonchev–Trinajstić information content (AvgIpc) is 3.03. The summed E-state index contributed by atoms with van der Waals surface area (Å²) in [5.41, 5.74) is 10.2. The molecule has 7 rings (SSSR count). The summed E-state index contributed by atoms with van der Waals surface area (Å²) >= 11 is 0. The number of rotatable bonds is 4. The molecular formula is C34H22N6. The zero-order valence-electron chi connectivity index (χ0n) is 21.4. The highest BCUT2D eigenvalue weighted by molar-refractivity contribution is 6.22. The van der Waals surface area contributed by atoms with Crippen LogP contribution in [0.15, 0.2) is 144 Å². The zero-order valence-corrected chi connectivity index (χ0v) is 21.4. The van der Waals surface area contributed by atoms with Gasteiger partial charge in [-0.2, -0.15) is 0 Å². The van der Waals surface area contributed by atoms with Gasteiger partial charge in [-0.3, -0.25) is 19.9 Å². The number of aromatic nitrogens is 4. The predicted molar refractivity (Wildman–Crippen MR) is 158 cm³/mol. The molecule has 6 aromatic rings. The summed E-state index contributed by atoms with van der Waals surface area (Å²) in [6, 6.07) is 35.8. The van der Waals surface area contributed by atoms with Crippen molar-refractivity contribution in [1.82, 2.24) is 19.9 Å². The van der Waals surface area contributed by atoms with Crippen LogP contribution in [0.1, 0.15) is 22.3 Å². The number of benzene rings is 2. The van der Waals surface area contributed by atoms with Crippen LogP contribution in [-0.4, -0.2) is 31.4 Å². The van der Waals surface area contributed by atoms with Crippen molar-refractivity contribution in [2.45, 2.75) is 0 Å². The molecule has 4 aromatic heterocycles. The fourth-order valence-electron chi connectivity index (χ4n) is 4.74. The second-order valence-corrected chi connectivity index (χ2v) is 9.25. The summed E-state index contributed by atoms with van der Waals surface area (Å²) in [6.07, 6.45) is 7.26. The summed E-state index contributed by atoms with van der Waals surface area (Å²) in [4.78, 5) is 28.7. The molecule has 0 N–H and O–H groups in total. The lowest BCUT2D eigenvalue weighted by Gasteiger charge is -2.18.